The molecule has 1 rings (SSSR count). The quantitative estimate of drug-likeness (QED) is 0.813. The summed E-state index contributed by atoms with van der Waals surface area (Å²) in [6.45, 7) is -0.177. The number of aliphatic carboxylic acids is 1. The number of benzene rings is 1. The van der Waals surface area contributed by atoms with Gasteiger partial charge < -0.3 is 5.11 Å². The number of nitrogens with one attached hydrogen (secondary N) is 1. The molecule has 0 atom stereocenters. The summed E-state index contributed by atoms with van der Waals surface area (Å²) in [6.07, 6.45) is -0.313. The van der Waals surface area contributed by atoms with E-state index in [4.69, 9.17) is 5.11 Å². The van der Waals surface area contributed by atoms with Gasteiger partial charge in [0, 0.05) is 13.6 Å². The van der Waals surface area contributed by atoms with Crippen LogP contribution in [0.3, 0.4) is 0 Å². The van der Waals surface area contributed by atoms with Crippen molar-refractivity contribution in [2.24, 2.45) is 0 Å². The molecule has 0 aromatic heterocycles. The van der Waals surface area contributed by atoms with Crippen LogP contribution < -0.4 is 4.72 Å². The van der Waals surface area contributed by atoms with Gasteiger partial charge >= 0.3 is 16.2 Å². The highest BCUT2D eigenvalue weighted by atomic mass is 79.9. The number of nitrogens with zero attached hydrogens (tertiary/aromatic N) is 1. The average Bonchev–Trinajstić information content (AvgIpc) is 2.30. The highest BCUT2D eigenvalue weighted by Gasteiger charge is 2.18. The van der Waals surface area contributed by atoms with Crippen LogP contribution in [0.2, 0.25) is 0 Å². The molecule has 0 unspecified atom stereocenters. The van der Waals surface area contributed by atoms with Gasteiger partial charge in [-0.15, -0.1) is 0 Å². The summed E-state index contributed by atoms with van der Waals surface area (Å²) < 4.78 is 40.0. The Hall–Kier alpha value is -1.19. The summed E-state index contributed by atoms with van der Waals surface area (Å²) in [5.41, 5.74) is 0.0582. The Balaban J connectivity index is 2.78. The van der Waals surface area contributed by atoms with Crippen molar-refractivity contribution in [2.45, 2.75) is 6.42 Å². The number of rotatable bonds is 6. The summed E-state index contributed by atoms with van der Waals surface area (Å²) in [5, 5.41) is 8.49. The van der Waals surface area contributed by atoms with E-state index in [1.54, 1.807) is 0 Å². The van der Waals surface area contributed by atoms with Crippen molar-refractivity contribution in [1.29, 1.82) is 0 Å². The summed E-state index contributed by atoms with van der Waals surface area (Å²) in [4.78, 5) is 10.4. The maximum absolute atomic E-state index is 13.2. The number of hydrogen-bond donors (Lipinski definition) is 2. The molecule has 0 fully saturated rings. The SMILES string of the molecule is CN(CCC(=O)O)S(=O)(=O)Nc1ccc(Br)c(F)c1. The summed E-state index contributed by atoms with van der Waals surface area (Å²) >= 11 is 2.95. The minimum Gasteiger partial charge on any atom is -0.481 e. The molecule has 9 heteroatoms. The van der Waals surface area contributed by atoms with Gasteiger partial charge in [0.1, 0.15) is 5.82 Å². The van der Waals surface area contributed by atoms with E-state index in [0.29, 0.717) is 0 Å². The van der Waals surface area contributed by atoms with Crippen molar-refractivity contribution in [3.8, 4) is 0 Å². The predicted octanol–water partition coefficient (Wildman–Crippen LogP) is 1.65. The second-order valence-electron chi connectivity index (χ2n) is 3.70. The van der Waals surface area contributed by atoms with E-state index in [1.165, 1.54) is 19.2 Å². The number of carboxylic acids is 1. The van der Waals surface area contributed by atoms with Crippen LogP contribution in [0.5, 0.6) is 0 Å². The van der Waals surface area contributed by atoms with Gasteiger partial charge in [-0.2, -0.15) is 12.7 Å². The molecule has 1 aromatic carbocycles. The first-order valence-corrected chi connectivity index (χ1v) is 7.36. The topological polar surface area (TPSA) is 86.7 Å². The Labute approximate surface area is 118 Å². The molecule has 19 heavy (non-hydrogen) atoms. The molecule has 0 spiro atoms. The van der Waals surface area contributed by atoms with Crippen LogP contribution in [0.15, 0.2) is 22.7 Å². The summed E-state index contributed by atoms with van der Waals surface area (Å²) in [6, 6.07) is 3.77. The van der Waals surface area contributed by atoms with Gasteiger partial charge in [0.2, 0.25) is 0 Å². The van der Waals surface area contributed by atoms with E-state index in [2.05, 4.69) is 20.7 Å². The first-order chi connectivity index (χ1) is 8.72. The van der Waals surface area contributed by atoms with E-state index in [1.807, 2.05) is 0 Å². The van der Waals surface area contributed by atoms with Crippen molar-refractivity contribution in [1.82, 2.24) is 4.31 Å². The standard InChI is InChI=1S/C10H12BrFN2O4S/c1-14(5-4-10(15)16)19(17,18)13-7-2-3-8(11)9(12)6-7/h2-3,6,13H,4-5H2,1H3,(H,15,16). The molecule has 0 heterocycles. The van der Waals surface area contributed by atoms with E-state index < -0.39 is 22.0 Å². The van der Waals surface area contributed by atoms with Gasteiger partial charge in [-0.1, -0.05) is 0 Å². The summed E-state index contributed by atoms with van der Waals surface area (Å²) in [7, 11) is -2.66. The predicted molar refractivity (Wildman–Crippen MR) is 71.5 cm³/mol. The van der Waals surface area contributed by atoms with Gasteiger partial charge in [-0.05, 0) is 34.1 Å². The van der Waals surface area contributed by atoms with E-state index in [0.717, 1.165) is 10.4 Å². The third-order valence-corrected chi connectivity index (χ3v) is 4.36. The van der Waals surface area contributed by atoms with Crippen LogP contribution in [0.25, 0.3) is 0 Å². The van der Waals surface area contributed by atoms with Crippen LogP contribution in [-0.4, -0.2) is 37.4 Å². The lowest BCUT2D eigenvalue weighted by Crippen LogP contribution is -2.34. The zero-order valence-corrected chi connectivity index (χ0v) is 12.3. The maximum atomic E-state index is 13.2. The molecular formula is C10H12BrFN2O4S. The molecule has 0 aliphatic heterocycles. The zero-order valence-electron chi connectivity index (χ0n) is 9.93. The molecule has 0 saturated carbocycles. The van der Waals surface area contributed by atoms with E-state index >= 15 is 0 Å². The molecule has 2 N–H and O–H groups in total. The Morgan fingerprint density at radius 3 is 2.68 bits per heavy atom. The first-order valence-electron chi connectivity index (χ1n) is 5.13. The Kier molecular flexibility index (Phi) is 5.27. The Bertz CT molecular complexity index is 579. The minimum absolute atomic E-state index is 0.0582. The lowest BCUT2D eigenvalue weighted by molar-refractivity contribution is -0.137. The Morgan fingerprint density at radius 1 is 1.53 bits per heavy atom. The zero-order chi connectivity index (χ0) is 14.6. The van der Waals surface area contributed by atoms with Crippen molar-refractivity contribution >= 4 is 37.8 Å². The van der Waals surface area contributed by atoms with Gasteiger partial charge in [0.25, 0.3) is 0 Å². The van der Waals surface area contributed by atoms with Gasteiger partial charge in [0.15, 0.2) is 0 Å². The number of carbonyl (C=O) groups is 1. The number of carboxylic acid groups (broad SMARTS) is 1. The molecule has 0 radical (unpaired) electrons. The van der Waals surface area contributed by atoms with E-state index in [-0.39, 0.29) is 23.1 Å². The second kappa shape index (κ2) is 6.31. The van der Waals surface area contributed by atoms with Crippen molar-refractivity contribution < 1.29 is 22.7 Å². The number of hydrogen-bond acceptors (Lipinski definition) is 3. The fourth-order valence-corrected chi connectivity index (χ4v) is 2.32. The summed E-state index contributed by atoms with van der Waals surface area (Å²) in [5.74, 6) is -1.70. The van der Waals surface area contributed by atoms with Crippen LogP contribution in [0.1, 0.15) is 6.42 Å². The number of anilines is 1. The lowest BCUT2D eigenvalue weighted by atomic mass is 10.3. The van der Waals surface area contributed by atoms with Crippen molar-refractivity contribution in [2.75, 3.05) is 18.3 Å². The monoisotopic (exact) mass is 354 g/mol. The van der Waals surface area contributed by atoms with Gasteiger partial charge in [0.05, 0.1) is 16.6 Å². The fourth-order valence-electron chi connectivity index (χ4n) is 1.16. The minimum atomic E-state index is -3.90. The van der Waals surface area contributed by atoms with Gasteiger partial charge in [-0.25, -0.2) is 4.39 Å². The highest BCUT2D eigenvalue weighted by molar-refractivity contribution is 9.10. The van der Waals surface area contributed by atoms with Crippen molar-refractivity contribution in [3.63, 3.8) is 0 Å². The van der Waals surface area contributed by atoms with E-state index in [9.17, 15) is 17.6 Å². The molecule has 0 saturated heterocycles. The third kappa shape index (κ3) is 4.77. The molecule has 0 aliphatic rings. The maximum Gasteiger partial charge on any atom is 0.304 e. The molecular weight excluding hydrogens is 343 g/mol. The van der Waals surface area contributed by atoms with Crippen molar-refractivity contribution in [3.05, 3.63) is 28.5 Å². The first kappa shape index (κ1) is 15.9. The third-order valence-electron chi connectivity index (χ3n) is 2.22. The largest absolute Gasteiger partial charge is 0.481 e. The normalized spacial score (nSPS) is 11.6. The molecule has 6 nitrogen and oxygen atoms in total. The molecule has 0 bridgehead atoms. The number of halogens is 2. The van der Waals surface area contributed by atoms with Crippen LogP contribution in [0.4, 0.5) is 10.1 Å². The molecule has 1 aromatic rings. The second-order valence-corrected chi connectivity index (χ2v) is 6.33. The highest BCUT2D eigenvalue weighted by Crippen LogP contribution is 2.20. The molecule has 0 aliphatic carbocycles. The average molecular weight is 355 g/mol. The molecule has 0 amide bonds. The Morgan fingerprint density at radius 2 is 2.16 bits per heavy atom. The van der Waals surface area contributed by atoms with Crippen LogP contribution in [-0.2, 0) is 15.0 Å². The van der Waals surface area contributed by atoms with Crippen LogP contribution in [0, 0.1) is 5.82 Å². The fraction of sp³-hybridized carbons (Fsp3) is 0.300. The van der Waals surface area contributed by atoms with Gasteiger partial charge in [-0.3, -0.25) is 9.52 Å². The molecule has 106 valence electrons. The smallest absolute Gasteiger partial charge is 0.304 e. The van der Waals surface area contributed by atoms with Crippen LogP contribution >= 0.6 is 15.9 Å². The lowest BCUT2D eigenvalue weighted by Gasteiger charge is -2.17.